The highest BCUT2D eigenvalue weighted by molar-refractivity contribution is 8.14. The van der Waals surface area contributed by atoms with Crippen molar-refractivity contribution in [2.24, 2.45) is 10.9 Å². The fraction of sp³-hybridized carbons (Fsp3) is 0.310. The van der Waals surface area contributed by atoms with E-state index in [9.17, 15) is 9.18 Å². The van der Waals surface area contributed by atoms with E-state index in [1.807, 2.05) is 43.3 Å². The van der Waals surface area contributed by atoms with Gasteiger partial charge in [0.15, 0.2) is 5.17 Å². The number of nitrogens with zero attached hydrogens (tertiary/aromatic N) is 1. The minimum absolute atomic E-state index is 0.0199. The van der Waals surface area contributed by atoms with Gasteiger partial charge >= 0.3 is 0 Å². The van der Waals surface area contributed by atoms with E-state index in [2.05, 4.69) is 5.32 Å². The molecule has 1 saturated heterocycles. The lowest BCUT2D eigenvalue weighted by atomic mass is 9.72. The van der Waals surface area contributed by atoms with Gasteiger partial charge in [-0.3, -0.25) is 4.79 Å². The van der Waals surface area contributed by atoms with Crippen molar-refractivity contribution in [2.45, 2.75) is 36.8 Å². The number of amides is 1. The van der Waals surface area contributed by atoms with Gasteiger partial charge in [-0.1, -0.05) is 73.3 Å². The van der Waals surface area contributed by atoms with Gasteiger partial charge in [0.1, 0.15) is 17.2 Å². The van der Waals surface area contributed by atoms with E-state index in [1.165, 1.54) is 23.9 Å². The first-order chi connectivity index (χ1) is 17.9. The Labute approximate surface area is 219 Å². The summed E-state index contributed by atoms with van der Waals surface area (Å²) in [7, 11) is 0. The van der Waals surface area contributed by atoms with Crippen LogP contribution < -0.4 is 5.32 Å². The van der Waals surface area contributed by atoms with Crippen LogP contribution in [0.1, 0.15) is 34.8 Å². The molecule has 3 aromatic rings. The number of rotatable bonds is 6. The molecule has 2 aliphatic rings. The van der Waals surface area contributed by atoms with Gasteiger partial charge in [-0.05, 0) is 30.2 Å². The van der Waals surface area contributed by atoms with Gasteiger partial charge in [-0.2, -0.15) is 0 Å². The first kappa shape index (κ1) is 25.6. The van der Waals surface area contributed by atoms with Crippen LogP contribution >= 0.6 is 11.8 Å². The molecule has 37 heavy (non-hydrogen) atoms. The van der Waals surface area contributed by atoms with E-state index >= 15 is 4.39 Å². The number of ether oxygens (including phenoxy) is 2. The number of nitrogens with one attached hydrogen (secondary N) is 1. The van der Waals surface area contributed by atoms with Crippen LogP contribution in [0.2, 0.25) is 0 Å². The molecular weight excluding hydrogens is 494 g/mol. The third-order valence-electron chi connectivity index (χ3n) is 6.90. The summed E-state index contributed by atoms with van der Waals surface area (Å²) < 4.78 is 41.1. The van der Waals surface area contributed by atoms with E-state index in [1.54, 1.807) is 24.3 Å². The highest BCUT2D eigenvalue weighted by Gasteiger charge is 2.52. The highest BCUT2D eigenvalue weighted by atomic mass is 32.2. The Morgan fingerprint density at radius 2 is 1.84 bits per heavy atom. The zero-order chi connectivity index (χ0) is 25.8. The third-order valence-corrected chi connectivity index (χ3v) is 8.02. The number of fused-ring (bicyclic) bond motifs is 1. The number of benzene rings is 3. The van der Waals surface area contributed by atoms with Crippen LogP contribution in [0.3, 0.4) is 0 Å². The molecule has 2 aliphatic heterocycles. The van der Waals surface area contributed by atoms with Crippen LogP contribution in [0, 0.1) is 17.6 Å². The first-order valence-electron chi connectivity index (χ1n) is 12.3. The van der Waals surface area contributed by atoms with Gasteiger partial charge in [-0.15, -0.1) is 0 Å². The molecule has 1 N–H and O–H groups in total. The number of carbonyl (C=O) groups excluding carboxylic acids is 1. The lowest BCUT2D eigenvalue weighted by molar-refractivity contribution is -0.0967. The van der Waals surface area contributed by atoms with Gasteiger partial charge in [0, 0.05) is 28.4 Å². The Balaban J connectivity index is 1.39. The largest absolute Gasteiger partial charge is 0.374 e. The van der Waals surface area contributed by atoms with E-state index in [0.29, 0.717) is 30.4 Å². The Kier molecular flexibility index (Phi) is 7.69. The maximum absolute atomic E-state index is 15.2. The fourth-order valence-corrected chi connectivity index (χ4v) is 6.27. The number of hydrogen-bond donors (Lipinski definition) is 1. The Hall–Kier alpha value is -3.07. The number of hydrogen-bond acceptors (Lipinski definition) is 5. The van der Waals surface area contributed by atoms with E-state index in [-0.39, 0.29) is 35.3 Å². The number of aliphatic imine (C=N–C) groups is 1. The molecule has 4 atom stereocenters. The van der Waals surface area contributed by atoms with Crippen LogP contribution in [0.15, 0.2) is 83.9 Å². The molecule has 0 aliphatic carbocycles. The van der Waals surface area contributed by atoms with Crippen LogP contribution in [0.5, 0.6) is 0 Å². The lowest BCUT2D eigenvalue weighted by Gasteiger charge is -2.49. The number of amidine groups is 1. The highest BCUT2D eigenvalue weighted by Crippen LogP contribution is 2.50. The van der Waals surface area contributed by atoms with Gasteiger partial charge in [-0.25, -0.2) is 13.8 Å². The average molecular weight is 523 g/mol. The predicted molar refractivity (Wildman–Crippen MR) is 140 cm³/mol. The molecule has 2 heterocycles. The van der Waals surface area contributed by atoms with Crippen molar-refractivity contribution in [1.82, 2.24) is 5.32 Å². The second-order valence-corrected chi connectivity index (χ2v) is 10.8. The number of thioether (sulfide) groups is 1. The smallest absolute Gasteiger partial charge is 0.257 e. The first-order valence-corrected chi connectivity index (χ1v) is 13.1. The SMILES string of the molecule is C[C@H]1SC(NC(=O)c2ccccc2)=N[C@@]2(c3ccc(F)cc3F)CO[C@@H](COCc3ccccc3)C[C@@H]12. The summed E-state index contributed by atoms with van der Waals surface area (Å²) in [6.07, 6.45) is 0.396. The lowest BCUT2D eigenvalue weighted by Crippen LogP contribution is -2.54. The van der Waals surface area contributed by atoms with Crippen molar-refractivity contribution in [3.63, 3.8) is 0 Å². The van der Waals surface area contributed by atoms with Crippen molar-refractivity contribution < 1.29 is 23.0 Å². The number of carbonyl (C=O) groups is 1. The van der Waals surface area contributed by atoms with Gasteiger partial charge < -0.3 is 14.8 Å². The quantitative estimate of drug-likeness (QED) is 0.451. The van der Waals surface area contributed by atoms with Crippen molar-refractivity contribution in [1.29, 1.82) is 0 Å². The van der Waals surface area contributed by atoms with Crippen LogP contribution in [-0.2, 0) is 21.6 Å². The Morgan fingerprint density at radius 3 is 2.57 bits per heavy atom. The van der Waals surface area contributed by atoms with Gasteiger partial charge in [0.25, 0.3) is 5.91 Å². The monoisotopic (exact) mass is 522 g/mol. The maximum Gasteiger partial charge on any atom is 0.257 e. The molecule has 0 unspecified atom stereocenters. The normalized spacial score (nSPS) is 25.2. The Bertz CT molecular complexity index is 1270. The molecule has 192 valence electrons. The minimum Gasteiger partial charge on any atom is -0.374 e. The van der Waals surface area contributed by atoms with Crippen molar-refractivity contribution in [3.05, 3.63) is 107 Å². The minimum atomic E-state index is -1.10. The molecule has 3 aromatic carbocycles. The summed E-state index contributed by atoms with van der Waals surface area (Å²) in [6.45, 7) is 3.00. The predicted octanol–water partition coefficient (Wildman–Crippen LogP) is 5.70. The van der Waals surface area contributed by atoms with Crippen molar-refractivity contribution in [2.75, 3.05) is 13.2 Å². The molecule has 0 radical (unpaired) electrons. The van der Waals surface area contributed by atoms with Crippen LogP contribution in [0.25, 0.3) is 0 Å². The molecule has 0 spiro atoms. The summed E-state index contributed by atoms with van der Waals surface area (Å²) >= 11 is 1.45. The molecule has 1 amide bonds. The van der Waals surface area contributed by atoms with Crippen molar-refractivity contribution >= 4 is 22.8 Å². The van der Waals surface area contributed by atoms with E-state index < -0.39 is 17.2 Å². The zero-order valence-electron chi connectivity index (χ0n) is 20.4. The zero-order valence-corrected chi connectivity index (χ0v) is 21.2. The van der Waals surface area contributed by atoms with E-state index in [0.717, 1.165) is 11.6 Å². The Morgan fingerprint density at radius 1 is 1.11 bits per heavy atom. The molecule has 5 rings (SSSR count). The molecule has 8 heteroatoms. The molecule has 1 fully saturated rings. The second-order valence-electron chi connectivity index (χ2n) is 9.38. The summed E-state index contributed by atoms with van der Waals surface area (Å²) in [5.41, 5.74) is 0.739. The average Bonchev–Trinajstić information content (AvgIpc) is 2.90. The third kappa shape index (κ3) is 5.61. The molecule has 5 nitrogen and oxygen atoms in total. The summed E-state index contributed by atoms with van der Waals surface area (Å²) in [5, 5.41) is 3.26. The second kappa shape index (κ2) is 11.1. The fourth-order valence-electron chi connectivity index (χ4n) is 5.05. The summed E-state index contributed by atoms with van der Waals surface area (Å²) in [6, 6.07) is 22.3. The maximum atomic E-state index is 15.2. The van der Waals surface area contributed by atoms with E-state index in [4.69, 9.17) is 14.5 Å². The van der Waals surface area contributed by atoms with Gasteiger partial charge in [0.2, 0.25) is 0 Å². The molecule has 0 aromatic heterocycles. The van der Waals surface area contributed by atoms with Gasteiger partial charge in [0.05, 0.1) is 25.9 Å². The summed E-state index contributed by atoms with van der Waals surface area (Å²) in [5.74, 6) is -1.74. The molecule has 0 saturated carbocycles. The topological polar surface area (TPSA) is 59.9 Å². The van der Waals surface area contributed by atoms with Crippen molar-refractivity contribution in [3.8, 4) is 0 Å². The van der Waals surface area contributed by atoms with Crippen LogP contribution in [0.4, 0.5) is 8.78 Å². The number of halogens is 2. The molecule has 0 bridgehead atoms. The standard InChI is InChI=1S/C29H28F2N2O3S/c1-19-25-15-23(17-35-16-20-8-4-2-5-9-20)36-18-29(25,24-13-12-22(30)14-26(24)31)33-28(37-19)32-27(34)21-10-6-3-7-11-21/h2-14,19,23,25H,15-18H2,1H3,(H,32,33,34)/t19-,23-,25+,29-/m1/s1. The molecular formula is C29H28F2N2O3S. The summed E-state index contributed by atoms with van der Waals surface area (Å²) in [4.78, 5) is 17.7. The van der Waals surface area contributed by atoms with Crippen LogP contribution in [-0.4, -0.2) is 35.6 Å².